The predicted octanol–water partition coefficient (Wildman–Crippen LogP) is 5.53. The largest absolute Gasteiger partial charge is 0.481 e. The van der Waals surface area contributed by atoms with Crippen LogP contribution in [0.25, 0.3) is 0 Å². The molecule has 1 heteroatoms. The number of hydrogen-bond acceptors (Lipinski definition) is 1. The van der Waals surface area contributed by atoms with Gasteiger partial charge in [-0.15, -0.1) is 0 Å². The Morgan fingerprint density at radius 3 is 2.67 bits per heavy atom. The van der Waals surface area contributed by atoms with E-state index in [2.05, 4.69) is 31.7 Å². The van der Waals surface area contributed by atoms with Crippen LogP contribution in [-0.2, 0) is 6.42 Å². The van der Waals surface area contributed by atoms with Crippen LogP contribution in [0.2, 0.25) is 0 Å². The second-order valence-corrected chi connectivity index (χ2v) is 5.15. The Labute approximate surface area is 128 Å². The molecule has 2 aromatic carbocycles. The number of unbranched alkanes of at least 4 members (excludes halogenated alkanes) is 2. The van der Waals surface area contributed by atoms with Crippen LogP contribution in [0.4, 0.5) is 0 Å². The van der Waals surface area contributed by atoms with Gasteiger partial charge in [0.05, 0.1) is 0 Å². The topological polar surface area (TPSA) is 9.23 Å². The zero-order chi connectivity index (χ0) is 14.9. The van der Waals surface area contributed by atoms with Crippen molar-refractivity contribution in [3.05, 3.63) is 78.4 Å². The van der Waals surface area contributed by atoms with Gasteiger partial charge >= 0.3 is 0 Å². The van der Waals surface area contributed by atoms with E-state index in [0.29, 0.717) is 0 Å². The highest BCUT2D eigenvalue weighted by Gasteiger charge is 2.11. The Morgan fingerprint density at radius 1 is 1.14 bits per heavy atom. The lowest BCUT2D eigenvalue weighted by Gasteiger charge is -2.18. The molecule has 0 heterocycles. The molecule has 0 bridgehead atoms. The highest BCUT2D eigenvalue weighted by molar-refractivity contribution is 5.34. The third-order valence-corrected chi connectivity index (χ3v) is 3.53. The van der Waals surface area contributed by atoms with Crippen LogP contribution in [0.15, 0.2) is 61.2 Å². The molecule has 0 aliphatic heterocycles. The van der Waals surface area contributed by atoms with Gasteiger partial charge in [0, 0.05) is 5.56 Å². The summed E-state index contributed by atoms with van der Waals surface area (Å²) in [4.78, 5) is 0. The Kier molecular flexibility index (Phi) is 6.08. The minimum Gasteiger partial charge on any atom is -0.481 e. The molecule has 0 saturated heterocycles. The van der Waals surface area contributed by atoms with Crippen LogP contribution in [0, 0.1) is 6.07 Å². The first-order chi connectivity index (χ1) is 10.3. The molecule has 0 aromatic heterocycles. The lowest BCUT2D eigenvalue weighted by Crippen LogP contribution is -2.06. The van der Waals surface area contributed by atoms with Crippen molar-refractivity contribution < 1.29 is 4.74 Å². The number of benzene rings is 2. The Morgan fingerprint density at radius 2 is 1.95 bits per heavy atom. The first-order valence-corrected chi connectivity index (χ1v) is 7.69. The monoisotopic (exact) mass is 279 g/mol. The summed E-state index contributed by atoms with van der Waals surface area (Å²) in [5.74, 6) is 0.919. The van der Waals surface area contributed by atoms with Crippen LogP contribution in [-0.4, -0.2) is 0 Å². The molecule has 1 unspecified atom stereocenters. The summed E-state index contributed by atoms with van der Waals surface area (Å²) in [7, 11) is 0. The van der Waals surface area contributed by atoms with E-state index in [9.17, 15) is 0 Å². The first-order valence-electron chi connectivity index (χ1n) is 7.69. The van der Waals surface area contributed by atoms with E-state index >= 15 is 0 Å². The molecule has 1 atom stereocenters. The molecule has 0 aliphatic rings. The van der Waals surface area contributed by atoms with E-state index in [1.54, 1.807) is 0 Å². The number of hydrogen-bond donors (Lipinski definition) is 0. The quantitative estimate of drug-likeness (QED) is 0.456. The van der Waals surface area contributed by atoms with Crippen molar-refractivity contribution in [2.75, 3.05) is 0 Å². The number of aryl methyl sites for hydroxylation is 1. The minimum atomic E-state index is -0.119. The van der Waals surface area contributed by atoms with Crippen molar-refractivity contribution in [3.8, 4) is 5.75 Å². The summed E-state index contributed by atoms with van der Waals surface area (Å²) in [6, 6.07) is 19.5. The summed E-state index contributed by atoms with van der Waals surface area (Å²) >= 11 is 0. The normalized spacial score (nSPS) is 11.9. The molecule has 0 saturated carbocycles. The summed E-state index contributed by atoms with van der Waals surface area (Å²) in [5.41, 5.74) is 2.28. The number of rotatable bonds is 8. The van der Waals surface area contributed by atoms with Gasteiger partial charge in [0.25, 0.3) is 0 Å². The Bertz CT molecular complexity index is 545. The van der Waals surface area contributed by atoms with E-state index in [0.717, 1.165) is 23.3 Å². The fourth-order valence-corrected chi connectivity index (χ4v) is 2.35. The van der Waals surface area contributed by atoms with Crippen molar-refractivity contribution in [2.24, 2.45) is 0 Å². The maximum Gasteiger partial charge on any atom is 0.142 e. The fraction of sp³-hybridized carbons (Fsp3) is 0.300. The van der Waals surface area contributed by atoms with Crippen molar-refractivity contribution in [3.63, 3.8) is 0 Å². The molecule has 2 aromatic rings. The zero-order valence-electron chi connectivity index (χ0n) is 12.7. The summed E-state index contributed by atoms with van der Waals surface area (Å²) in [5, 5.41) is 0. The van der Waals surface area contributed by atoms with E-state index in [4.69, 9.17) is 4.74 Å². The van der Waals surface area contributed by atoms with Crippen molar-refractivity contribution in [2.45, 2.75) is 38.7 Å². The van der Waals surface area contributed by atoms with Crippen LogP contribution in [0.1, 0.15) is 43.4 Å². The van der Waals surface area contributed by atoms with Crippen LogP contribution >= 0.6 is 0 Å². The molecule has 0 aliphatic carbocycles. The Balaban J connectivity index is 2.12. The van der Waals surface area contributed by atoms with Gasteiger partial charge in [-0.1, -0.05) is 68.8 Å². The predicted molar refractivity (Wildman–Crippen MR) is 88.5 cm³/mol. The molecular formula is C20H23O. The molecule has 1 nitrogen and oxygen atoms in total. The minimum absolute atomic E-state index is 0.119. The maximum atomic E-state index is 6.16. The molecule has 109 valence electrons. The summed E-state index contributed by atoms with van der Waals surface area (Å²) in [6.07, 6.45) is 6.39. The van der Waals surface area contributed by atoms with E-state index in [1.807, 2.05) is 42.5 Å². The maximum absolute atomic E-state index is 6.16. The highest BCUT2D eigenvalue weighted by atomic mass is 16.5. The van der Waals surface area contributed by atoms with Gasteiger partial charge in [-0.2, -0.15) is 0 Å². The second kappa shape index (κ2) is 8.31. The SMILES string of the molecule is C=CC(Oc1ccc[c]c1CCCCC)c1ccccc1. The van der Waals surface area contributed by atoms with Crippen LogP contribution in [0.5, 0.6) is 5.75 Å². The smallest absolute Gasteiger partial charge is 0.142 e. The van der Waals surface area contributed by atoms with Gasteiger partial charge in [-0.05, 0) is 36.6 Å². The average molecular weight is 279 g/mol. The lowest BCUT2D eigenvalue weighted by atomic mass is 10.1. The van der Waals surface area contributed by atoms with Gasteiger partial charge in [-0.25, -0.2) is 0 Å². The molecule has 0 spiro atoms. The van der Waals surface area contributed by atoms with Crippen LogP contribution < -0.4 is 4.74 Å². The molecule has 0 N–H and O–H groups in total. The van der Waals surface area contributed by atoms with Crippen molar-refractivity contribution >= 4 is 0 Å². The second-order valence-electron chi connectivity index (χ2n) is 5.15. The zero-order valence-corrected chi connectivity index (χ0v) is 12.7. The standard InChI is InChI=1S/C20H23O/c1-3-5-7-12-18-15-10-11-16-20(18)21-19(4-2)17-13-8-6-9-14-17/h4,6,8-11,13-14,16,19H,2-3,5,7,12H2,1H3. The fourth-order valence-electron chi connectivity index (χ4n) is 2.35. The van der Waals surface area contributed by atoms with Gasteiger partial charge in [0.15, 0.2) is 0 Å². The lowest BCUT2D eigenvalue weighted by molar-refractivity contribution is 0.253. The van der Waals surface area contributed by atoms with Gasteiger partial charge in [-0.3, -0.25) is 0 Å². The highest BCUT2D eigenvalue weighted by Crippen LogP contribution is 2.27. The van der Waals surface area contributed by atoms with Gasteiger partial charge < -0.3 is 4.74 Å². The molecule has 21 heavy (non-hydrogen) atoms. The van der Waals surface area contributed by atoms with E-state index in [-0.39, 0.29) is 6.10 Å². The van der Waals surface area contributed by atoms with E-state index < -0.39 is 0 Å². The molecule has 1 radical (unpaired) electrons. The molecular weight excluding hydrogens is 256 g/mol. The van der Waals surface area contributed by atoms with Gasteiger partial charge in [0.1, 0.15) is 11.9 Å². The van der Waals surface area contributed by atoms with Gasteiger partial charge in [0.2, 0.25) is 0 Å². The first kappa shape index (κ1) is 15.4. The third kappa shape index (κ3) is 4.49. The molecule has 0 amide bonds. The van der Waals surface area contributed by atoms with Crippen molar-refractivity contribution in [1.82, 2.24) is 0 Å². The van der Waals surface area contributed by atoms with Crippen LogP contribution in [0.3, 0.4) is 0 Å². The molecule has 2 rings (SSSR count). The summed E-state index contributed by atoms with van der Waals surface area (Å²) < 4.78 is 6.16. The molecule has 0 fully saturated rings. The third-order valence-electron chi connectivity index (χ3n) is 3.53. The van der Waals surface area contributed by atoms with Crippen molar-refractivity contribution in [1.29, 1.82) is 0 Å². The number of ether oxygens (including phenoxy) is 1. The summed E-state index contributed by atoms with van der Waals surface area (Å²) in [6.45, 7) is 6.12. The Hall–Kier alpha value is -2.02. The van der Waals surface area contributed by atoms with E-state index in [1.165, 1.54) is 19.3 Å². The average Bonchev–Trinajstić information content (AvgIpc) is 2.55.